The number of amides is 2. The molecule has 0 aliphatic carbocycles. The Labute approximate surface area is 228 Å². The van der Waals surface area contributed by atoms with E-state index in [1.165, 1.54) is 17.6 Å². The van der Waals surface area contributed by atoms with Gasteiger partial charge in [-0.2, -0.15) is 5.10 Å². The summed E-state index contributed by atoms with van der Waals surface area (Å²) >= 11 is 7.63. The number of thiophene rings is 1. The van der Waals surface area contributed by atoms with Gasteiger partial charge >= 0.3 is 5.97 Å². The summed E-state index contributed by atoms with van der Waals surface area (Å²) in [6.07, 6.45) is 2.29. The molecule has 2 amide bonds. The summed E-state index contributed by atoms with van der Waals surface area (Å²) in [4.78, 5) is 37.3. The summed E-state index contributed by atoms with van der Waals surface area (Å²) in [6.45, 7) is 2.36. The van der Waals surface area contributed by atoms with Gasteiger partial charge in [0.1, 0.15) is 16.4 Å². The highest BCUT2D eigenvalue weighted by atomic mass is 35.5. The molecule has 0 radical (unpaired) electrons. The number of benzene rings is 3. The average Bonchev–Trinajstić information content (AvgIpc) is 3.27. The van der Waals surface area contributed by atoms with Crippen LogP contribution in [0.15, 0.2) is 77.9 Å². The molecule has 194 valence electrons. The van der Waals surface area contributed by atoms with Crippen molar-refractivity contribution in [3.63, 3.8) is 0 Å². The van der Waals surface area contributed by atoms with Crippen molar-refractivity contribution in [2.75, 3.05) is 13.2 Å². The van der Waals surface area contributed by atoms with Gasteiger partial charge in [0.2, 0.25) is 0 Å². The number of hydrogen-bond donors (Lipinski definition) is 2. The van der Waals surface area contributed by atoms with Crippen LogP contribution in [0.1, 0.15) is 38.9 Å². The van der Waals surface area contributed by atoms with E-state index in [1.807, 2.05) is 31.2 Å². The zero-order chi connectivity index (χ0) is 26.9. The van der Waals surface area contributed by atoms with Crippen LogP contribution in [0.4, 0.5) is 0 Å². The van der Waals surface area contributed by atoms with Gasteiger partial charge in [0.25, 0.3) is 11.8 Å². The maximum absolute atomic E-state index is 12.7. The topological polar surface area (TPSA) is 106 Å². The van der Waals surface area contributed by atoms with Crippen LogP contribution >= 0.6 is 22.9 Å². The number of rotatable bonds is 10. The molecular weight excluding hydrogens is 526 g/mol. The Balaban J connectivity index is 1.27. The Morgan fingerprint density at radius 2 is 1.79 bits per heavy atom. The van der Waals surface area contributed by atoms with Crippen molar-refractivity contribution in [2.45, 2.75) is 13.3 Å². The summed E-state index contributed by atoms with van der Waals surface area (Å²) in [6, 6.07) is 20.8. The number of nitrogens with zero attached hydrogens (tertiary/aromatic N) is 1. The highest BCUT2D eigenvalue weighted by molar-refractivity contribution is 7.21. The first kappa shape index (κ1) is 26.8. The molecule has 1 heterocycles. The number of ether oxygens (including phenoxy) is 2. The van der Waals surface area contributed by atoms with E-state index in [4.69, 9.17) is 21.1 Å². The second-order valence-electron chi connectivity index (χ2n) is 8.05. The quantitative estimate of drug-likeness (QED) is 0.118. The Hall–Kier alpha value is -4.21. The zero-order valence-corrected chi connectivity index (χ0v) is 22.0. The summed E-state index contributed by atoms with van der Waals surface area (Å²) < 4.78 is 11.9. The molecule has 0 saturated carbocycles. The van der Waals surface area contributed by atoms with Gasteiger partial charge < -0.3 is 14.8 Å². The molecule has 0 unspecified atom stereocenters. The largest absolute Gasteiger partial charge is 0.494 e. The summed E-state index contributed by atoms with van der Waals surface area (Å²) in [5.41, 5.74) is 3.35. The maximum Gasteiger partial charge on any atom is 0.355 e. The third-order valence-electron chi connectivity index (χ3n) is 5.19. The number of esters is 1. The van der Waals surface area contributed by atoms with Crippen molar-refractivity contribution in [1.82, 2.24) is 10.7 Å². The minimum Gasteiger partial charge on any atom is -0.494 e. The first-order chi connectivity index (χ1) is 18.4. The highest BCUT2D eigenvalue weighted by Gasteiger charge is 2.19. The Kier molecular flexibility index (Phi) is 9.07. The van der Waals surface area contributed by atoms with Crippen molar-refractivity contribution in [1.29, 1.82) is 0 Å². The average molecular weight is 550 g/mol. The van der Waals surface area contributed by atoms with Gasteiger partial charge in [-0.15, -0.1) is 11.3 Å². The number of carbonyl (C=O) groups excluding carboxylic acids is 3. The van der Waals surface area contributed by atoms with Crippen LogP contribution in [0.5, 0.6) is 11.5 Å². The third-order valence-corrected chi connectivity index (χ3v) is 6.85. The number of nitrogens with one attached hydrogen (secondary N) is 2. The second kappa shape index (κ2) is 12.8. The van der Waals surface area contributed by atoms with Crippen LogP contribution in [0.3, 0.4) is 0 Å². The predicted molar refractivity (Wildman–Crippen MR) is 149 cm³/mol. The molecule has 2 N–H and O–H groups in total. The Morgan fingerprint density at radius 1 is 1.00 bits per heavy atom. The molecular formula is C28H24ClN3O5S. The monoisotopic (exact) mass is 549 g/mol. The molecule has 1 aromatic heterocycles. The lowest BCUT2D eigenvalue weighted by molar-refractivity contribution is -0.120. The van der Waals surface area contributed by atoms with Gasteiger partial charge in [-0.25, -0.2) is 10.2 Å². The van der Waals surface area contributed by atoms with Gasteiger partial charge in [-0.1, -0.05) is 48.9 Å². The molecule has 0 fully saturated rings. The fourth-order valence-corrected chi connectivity index (χ4v) is 4.75. The molecule has 4 rings (SSSR count). The van der Waals surface area contributed by atoms with E-state index in [0.717, 1.165) is 16.5 Å². The minimum atomic E-state index is -0.558. The highest BCUT2D eigenvalue weighted by Crippen LogP contribution is 2.35. The van der Waals surface area contributed by atoms with Gasteiger partial charge in [-0.05, 0) is 54.4 Å². The van der Waals surface area contributed by atoms with Crippen molar-refractivity contribution in [2.24, 2.45) is 5.10 Å². The lowest BCUT2D eigenvalue weighted by Gasteiger charge is -2.07. The summed E-state index contributed by atoms with van der Waals surface area (Å²) in [7, 11) is 0. The fourth-order valence-electron chi connectivity index (χ4n) is 3.36. The Morgan fingerprint density at radius 3 is 2.55 bits per heavy atom. The van der Waals surface area contributed by atoms with Gasteiger partial charge in [0.15, 0.2) is 0 Å². The van der Waals surface area contributed by atoms with Crippen molar-refractivity contribution in [3.05, 3.63) is 93.8 Å². The molecule has 0 aliphatic heterocycles. The molecule has 3 aromatic carbocycles. The van der Waals surface area contributed by atoms with Crippen LogP contribution < -0.4 is 20.2 Å². The van der Waals surface area contributed by atoms with Crippen LogP contribution in [-0.2, 0) is 4.79 Å². The maximum atomic E-state index is 12.7. The molecule has 38 heavy (non-hydrogen) atoms. The zero-order valence-electron chi connectivity index (χ0n) is 20.4. The van der Waals surface area contributed by atoms with E-state index in [9.17, 15) is 14.4 Å². The lowest BCUT2D eigenvalue weighted by Crippen LogP contribution is -2.34. The standard InChI is InChI=1S/C28H24ClN3O5S/c1-2-14-36-20-12-10-19(11-13-20)27(34)30-17-24(33)32-31-16-18-6-5-7-21(15-18)37-28(35)26-25(29)22-8-3-4-9-23(22)38-26/h3-13,15-16H,2,14,17H2,1H3,(H,30,34)(H,32,33)/b31-16+. The van der Waals surface area contributed by atoms with Crippen molar-refractivity contribution < 1.29 is 23.9 Å². The van der Waals surface area contributed by atoms with E-state index in [-0.39, 0.29) is 12.5 Å². The minimum absolute atomic E-state index is 0.252. The number of fused-ring (bicyclic) bond motifs is 1. The van der Waals surface area contributed by atoms with E-state index in [0.29, 0.717) is 39.1 Å². The number of hydrazone groups is 1. The molecule has 8 nitrogen and oxygen atoms in total. The molecule has 0 bridgehead atoms. The number of hydrogen-bond acceptors (Lipinski definition) is 7. The summed E-state index contributed by atoms with van der Waals surface area (Å²) in [5, 5.41) is 7.60. The first-order valence-corrected chi connectivity index (χ1v) is 13.0. The van der Waals surface area contributed by atoms with Crippen LogP contribution in [0, 0.1) is 0 Å². The molecule has 10 heteroatoms. The molecule has 0 atom stereocenters. The van der Waals surface area contributed by atoms with E-state index < -0.39 is 11.9 Å². The van der Waals surface area contributed by atoms with Gasteiger partial charge in [0.05, 0.1) is 24.4 Å². The second-order valence-corrected chi connectivity index (χ2v) is 9.48. The predicted octanol–water partition coefficient (Wildman–Crippen LogP) is 5.44. The first-order valence-electron chi connectivity index (χ1n) is 11.8. The van der Waals surface area contributed by atoms with Gasteiger partial charge in [0, 0.05) is 15.6 Å². The number of halogens is 1. The smallest absolute Gasteiger partial charge is 0.355 e. The van der Waals surface area contributed by atoms with Gasteiger partial charge in [-0.3, -0.25) is 9.59 Å². The fraction of sp³-hybridized carbons (Fsp3) is 0.143. The Bertz CT molecular complexity index is 1480. The number of carbonyl (C=O) groups is 3. The normalized spacial score (nSPS) is 10.9. The molecule has 0 aliphatic rings. The van der Waals surface area contributed by atoms with Crippen molar-refractivity contribution in [3.8, 4) is 11.5 Å². The molecule has 0 saturated heterocycles. The van der Waals surface area contributed by atoms with Crippen LogP contribution in [0.25, 0.3) is 10.1 Å². The summed E-state index contributed by atoms with van der Waals surface area (Å²) in [5.74, 6) is -0.466. The van der Waals surface area contributed by atoms with Crippen LogP contribution in [-0.4, -0.2) is 37.1 Å². The lowest BCUT2D eigenvalue weighted by atomic mass is 10.2. The van der Waals surface area contributed by atoms with Crippen LogP contribution in [0.2, 0.25) is 5.02 Å². The van der Waals surface area contributed by atoms with Crippen molar-refractivity contribution >= 4 is 57.0 Å². The molecule has 0 spiro atoms. The SMILES string of the molecule is CCCOc1ccc(C(=O)NCC(=O)N/N=C/c2cccc(OC(=O)c3sc4ccccc4c3Cl)c2)cc1. The van der Waals surface area contributed by atoms with E-state index >= 15 is 0 Å². The van der Waals surface area contributed by atoms with E-state index in [1.54, 1.807) is 48.5 Å². The van der Waals surface area contributed by atoms with E-state index in [2.05, 4.69) is 15.8 Å². The third kappa shape index (κ3) is 6.96. The molecule has 4 aromatic rings.